The van der Waals surface area contributed by atoms with Gasteiger partial charge in [-0.2, -0.15) is 23.4 Å². The largest absolute Gasteiger partial charge is 0.471 e. The van der Waals surface area contributed by atoms with E-state index in [2.05, 4.69) is 15.5 Å². The Balaban J connectivity index is 1.36. The zero-order valence-electron chi connectivity index (χ0n) is 17.6. The summed E-state index contributed by atoms with van der Waals surface area (Å²) in [4.78, 5) is 12.5. The lowest BCUT2D eigenvalue weighted by atomic mass is 10.2. The Morgan fingerprint density at radius 3 is 2.58 bits per heavy atom. The summed E-state index contributed by atoms with van der Waals surface area (Å²) in [6, 6.07) is 17.6. The van der Waals surface area contributed by atoms with E-state index in [0.717, 1.165) is 23.4 Å². The third-order valence-electron chi connectivity index (χ3n) is 4.80. The number of hydrogen-bond donors (Lipinski definition) is 1. The standard InChI is InChI=1S/C23H20F3N5O2/c1-16-12-21(29-31(16)14-17-6-3-2-4-7-17)27-22(32)20-10-11-30(28-20)15-33-19-9-5-8-18(13-19)23(24,25)26/h2-13H,14-15H2,1H3,(H,27,29,32). The van der Waals surface area contributed by atoms with Crippen molar-refractivity contribution in [3.8, 4) is 5.75 Å². The van der Waals surface area contributed by atoms with Crippen LogP contribution in [0.4, 0.5) is 19.0 Å². The molecule has 170 valence electrons. The molecule has 2 aromatic heterocycles. The second-order valence-corrected chi connectivity index (χ2v) is 7.31. The van der Waals surface area contributed by atoms with Crippen LogP contribution >= 0.6 is 0 Å². The lowest BCUT2D eigenvalue weighted by Crippen LogP contribution is -2.15. The van der Waals surface area contributed by atoms with Crippen LogP contribution in [0.1, 0.15) is 27.3 Å². The average molecular weight is 455 g/mol. The summed E-state index contributed by atoms with van der Waals surface area (Å²) in [6.45, 7) is 2.31. The molecule has 0 saturated carbocycles. The number of hydrogen-bond acceptors (Lipinski definition) is 4. The summed E-state index contributed by atoms with van der Waals surface area (Å²) >= 11 is 0. The molecule has 0 fully saturated rings. The summed E-state index contributed by atoms with van der Waals surface area (Å²) in [6.07, 6.45) is -2.95. The Morgan fingerprint density at radius 1 is 1.03 bits per heavy atom. The van der Waals surface area contributed by atoms with E-state index in [1.807, 2.05) is 37.3 Å². The number of nitrogens with zero attached hydrogens (tertiary/aromatic N) is 4. The molecule has 33 heavy (non-hydrogen) atoms. The molecule has 0 spiro atoms. The van der Waals surface area contributed by atoms with Crippen molar-refractivity contribution in [3.63, 3.8) is 0 Å². The topological polar surface area (TPSA) is 74.0 Å². The second kappa shape index (κ2) is 9.19. The van der Waals surface area contributed by atoms with Crippen LogP contribution in [0.25, 0.3) is 0 Å². The van der Waals surface area contributed by atoms with Crippen molar-refractivity contribution < 1.29 is 22.7 Å². The van der Waals surface area contributed by atoms with Crippen molar-refractivity contribution in [1.82, 2.24) is 19.6 Å². The fourth-order valence-corrected chi connectivity index (χ4v) is 3.13. The van der Waals surface area contributed by atoms with Crippen LogP contribution in [0.15, 0.2) is 72.9 Å². The van der Waals surface area contributed by atoms with Crippen LogP contribution in [0, 0.1) is 6.92 Å². The maximum Gasteiger partial charge on any atom is 0.416 e. The van der Waals surface area contributed by atoms with Crippen molar-refractivity contribution in [2.75, 3.05) is 5.32 Å². The van der Waals surface area contributed by atoms with Crippen molar-refractivity contribution >= 4 is 11.7 Å². The number of aryl methyl sites for hydroxylation is 1. The van der Waals surface area contributed by atoms with Crippen molar-refractivity contribution in [1.29, 1.82) is 0 Å². The molecule has 10 heteroatoms. The van der Waals surface area contributed by atoms with Crippen LogP contribution in [0.2, 0.25) is 0 Å². The van der Waals surface area contributed by atoms with Gasteiger partial charge in [0.15, 0.2) is 18.2 Å². The number of rotatable bonds is 7. The molecule has 2 heterocycles. The molecule has 0 saturated heterocycles. The molecule has 0 radical (unpaired) electrons. The number of anilines is 1. The van der Waals surface area contributed by atoms with Gasteiger partial charge in [-0.25, -0.2) is 4.68 Å². The minimum absolute atomic E-state index is 0.0470. The number of carbonyl (C=O) groups excluding carboxylic acids is 1. The Kier molecular flexibility index (Phi) is 6.16. The molecule has 0 unspecified atom stereocenters. The van der Waals surface area contributed by atoms with Crippen LogP contribution in [-0.4, -0.2) is 25.5 Å². The molecule has 0 aliphatic rings. The third-order valence-corrected chi connectivity index (χ3v) is 4.80. The third kappa shape index (κ3) is 5.59. The molecule has 7 nitrogen and oxygen atoms in total. The normalized spacial score (nSPS) is 11.4. The number of alkyl halides is 3. The first-order valence-electron chi connectivity index (χ1n) is 10.0. The van der Waals surface area contributed by atoms with E-state index in [4.69, 9.17) is 4.74 Å². The number of benzene rings is 2. The van der Waals surface area contributed by atoms with E-state index < -0.39 is 17.6 Å². The van der Waals surface area contributed by atoms with E-state index in [-0.39, 0.29) is 18.2 Å². The lowest BCUT2D eigenvalue weighted by molar-refractivity contribution is -0.137. The van der Waals surface area contributed by atoms with Crippen molar-refractivity contribution in [3.05, 3.63) is 95.4 Å². The Morgan fingerprint density at radius 2 is 1.82 bits per heavy atom. The number of halogens is 3. The molecule has 0 atom stereocenters. The molecule has 4 aromatic rings. The van der Waals surface area contributed by atoms with Crippen LogP contribution < -0.4 is 10.1 Å². The summed E-state index contributed by atoms with van der Waals surface area (Å²) < 4.78 is 46.9. The number of aromatic nitrogens is 4. The van der Waals surface area contributed by atoms with Gasteiger partial charge in [0.05, 0.1) is 12.1 Å². The summed E-state index contributed by atoms with van der Waals surface area (Å²) in [5.74, 6) is -0.0221. The molecule has 1 N–H and O–H groups in total. The first kappa shape index (κ1) is 22.1. The Hall–Kier alpha value is -4.08. The van der Waals surface area contributed by atoms with E-state index >= 15 is 0 Å². The van der Waals surface area contributed by atoms with Gasteiger partial charge in [0.25, 0.3) is 5.91 Å². The molecule has 1 amide bonds. The molecular weight excluding hydrogens is 435 g/mol. The van der Waals surface area contributed by atoms with Crippen molar-refractivity contribution in [2.24, 2.45) is 0 Å². The number of ether oxygens (including phenoxy) is 1. The lowest BCUT2D eigenvalue weighted by Gasteiger charge is -2.10. The summed E-state index contributed by atoms with van der Waals surface area (Å²) in [7, 11) is 0. The predicted octanol–water partition coefficient (Wildman–Crippen LogP) is 4.74. The van der Waals surface area contributed by atoms with Crippen LogP contribution in [0.3, 0.4) is 0 Å². The first-order chi connectivity index (χ1) is 15.8. The van der Waals surface area contributed by atoms with E-state index in [9.17, 15) is 18.0 Å². The number of carbonyl (C=O) groups is 1. The second-order valence-electron chi connectivity index (χ2n) is 7.31. The molecule has 0 bridgehead atoms. The van der Waals surface area contributed by atoms with Gasteiger partial charge >= 0.3 is 6.18 Å². The predicted molar refractivity (Wildman–Crippen MR) is 115 cm³/mol. The Bertz CT molecular complexity index is 1250. The smallest absolute Gasteiger partial charge is 0.416 e. The average Bonchev–Trinajstić information content (AvgIpc) is 3.39. The molecule has 2 aromatic carbocycles. The van der Waals surface area contributed by atoms with Gasteiger partial charge in [0.2, 0.25) is 0 Å². The quantitative estimate of drug-likeness (QED) is 0.437. The van der Waals surface area contributed by atoms with Gasteiger partial charge < -0.3 is 10.1 Å². The van der Waals surface area contributed by atoms with Gasteiger partial charge in [0, 0.05) is 18.0 Å². The van der Waals surface area contributed by atoms with Crippen molar-refractivity contribution in [2.45, 2.75) is 26.4 Å². The SMILES string of the molecule is Cc1cc(NC(=O)c2ccn(COc3cccc(C(F)(F)F)c3)n2)nn1Cc1ccccc1. The zero-order chi connectivity index (χ0) is 23.4. The summed E-state index contributed by atoms with van der Waals surface area (Å²) in [5, 5.41) is 11.2. The van der Waals surface area contributed by atoms with E-state index in [0.29, 0.717) is 12.4 Å². The summed E-state index contributed by atoms with van der Waals surface area (Å²) in [5.41, 5.74) is 1.29. The maximum absolute atomic E-state index is 12.8. The van der Waals surface area contributed by atoms with Crippen LogP contribution in [-0.2, 0) is 19.5 Å². The first-order valence-corrected chi connectivity index (χ1v) is 10.0. The highest BCUT2D eigenvalue weighted by Crippen LogP contribution is 2.31. The van der Waals surface area contributed by atoms with Gasteiger partial charge in [-0.05, 0) is 36.8 Å². The highest BCUT2D eigenvalue weighted by molar-refractivity contribution is 6.02. The van der Waals surface area contributed by atoms with E-state index in [1.54, 1.807) is 10.7 Å². The van der Waals surface area contributed by atoms with Gasteiger partial charge in [-0.1, -0.05) is 36.4 Å². The zero-order valence-corrected chi connectivity index (χ0v) is 17.6. The minimum atomic E-state index is -4.46. The molecular formula is C23H20F3N5O2. The number of nitrogens with one attached hydrogen (secondary N) is 1. The van der Waals surface area contributed by atoms with E-state index in [1.165, 1.54) is 29.1 Å². The highest BCUT2D eigenvalue weighted by atomic mass is 19.4. The fourth-order valence-electron chi connectivity index (χ4n) is 3.13. The van der Waals surface area contributed by atoms with Gasteiger partial charge in [-0.15, -0.1) is 0 Å². The van der Waals surface area contributed by atoms with Gasteiger partial charge in [0.1, 0.15) is 5.75 Å². The highest BCUT2D eigenvalue weighted by Gasteiger charge is 2.30. The van der Waals surface area contributed by atoms with Crippen LogP contribution in [0.5, 0.6) is 5.75 Å². The fraction of sp³-hybridized carbons (Fsp3) is 0.174. The number of amides is 1. The van der Waals surface area contributed by atoms with Gasteiger partial charge in [-0.3, -0.25) is 9.48 Å². The molecule has 0 aliphatic heterocycles. The molecule has 4 rings (SSSR count). The molecule has 0 aliphatic carbocycles. The minimum Gasteiger partial charge on any atom is -0.471 e. The monoisotopic (exact) mass is 455 g/mol. The maximum atomic E-state index is 12.8. The Labute approximate surface area is 187 Å².